The molecule has 0 amide bonds. The van der Waals surface area contributed by atoms with Gasteiger partial charge >= 0.3 is 6.01 Å². The molecule has 0 aliphatic heterocycles. The van der Waals surface area contributed by atoms with Crippen LogP contribution in [0.1, 0.15) is 30.1 Å². The zero-order chi connectivity index (χ0) is 20.1. The van der Waals surface area contributed by atoms with Crippen LogP contribution in [0.4, 0.5) is 16.0 Å². The fourth-order valence-electron chi connectivity index (χ4n) is 3.41. The average molecular weight is 413 g/mol. The van der Waals surface area contributed by atoms with Gasteiger partial charge in [0.2, 0.25) is 0 Å². The number of H-pyrrole nitrogens is 1. The normalized spacial score (nSPS) is 13.8. The molecule has 0 atom stereocenters. The third-order valence-corrected chi connectivity index (χ3v) is 5.07. The summed E-state index contributed by atoms with van der Waals surface area (Å²) in [4.78, 5) is 11.4. The second-order valence-electron chi connectivity index (χ2n) is 7.23. The first kappa shape index (κ1) is 17.9. The minimum absolute atomic E-state index is 0.0265. The van der Waals surface area contributed by atoms with Crippen molar-refractivity contribution in [1.82, 2.24) is 24.7 Å². The second kappa shape index (κ2) is 6.73. The van der Waals surface area contributed by atoms with Crippen LogP contribution >= 0.6 is 11.6 Å². The lowest BCUT2D eigenvalue weighted by molar-refractivity contribution is 0.414. The molecule has 3 heterocycles. The molecule has 0 spiro atoms. The van der Waals surface area contributed by atoms with E-state index >= 15 is 0 Å². The zero-order valence-corrected chi connectivity index (χ0v) is 16.6. The predicted octanol–water partition coefficient (Wildman–Crippen LogP) is 5.21. The SMILES string of the molecule is Cc1cc2c(F)c(Oc3nc(Cl)cc(Nc4cc(C5CC5)n(C)n4)n3)ccc2[nH]1. The third kappa shape index (κ3) is 3.51. The minimum atomic E-state index is -0.483. The van der Waals surface area contributed by atoms with E-state index in [1.54, 1.807) is 18.2 Å². The van der Waals surface area contributed by atoms with Gasteiger partial charge in [-0.25, -0.2) is 4.39 Å². The van der Waals surface area contributed by atoms with E-state index < -0.39 is 5.82 Å². The van der Waals surface area contributed by atoms with Crippen molar-refractivity contribution in [2.75, 3.05) is 5.32 Å². The van der Waals surface area contributed by atoms with Gasteiger partial charge in [-0.3, -0.25) is 4.68 Å². The van der Waals surface area contributed by atoms with Gasteiger partial charge in [-0.15, -0.1) is 0 Å². The molecular formula is C20H18ClFN6O. The zero-order valence-electron chi connectivity index (χ0n) is 15.8. The second-order valence-corrected chi connectivity index (χ2v) is 7.62. The highest BCUT2D eigenvalue weighted by molar-refractivity contribution is 6.29. The third-order valence-electron chi connectivity index (χ3n) is 4.88. The highest BCUT2D eigenvalue weighted by Gasteiger charge is 2.27. The quantitative estimate of drug-likeness (QED) is 0.440. The van der Waals surface area contributed by atoms with E-state index in [9.17, 15) is 4.39 Å². The summed E-state index contributed by atoms with van der Waals surface area (Å²) >= 11 is 6.12. The standard InChI is InChI=1S/C20H18ClFN6O/c1-10-7-12-13(23-10)5-6-15(19(12)22)29-20-24-16(21)9-17(26-20)25-18-8-14(11-3-4-11)28(2)27-18/h5-9,11,23H,3-4H2,1-2H3,(H,24,25,26,27). The Morgan fingerprint density at radius 2 is 2.03 bits per heavy atom. The maximum atomic E-state index is 14.8. The molecule has 3 aromatic heterocycles. The number of halogens is 2. The lowest BCUT2D eigenvalue weighted by Gasteiger charge is -2.08. The number of aromatic nitrogens is 5. The molecule has 0 bridgehead atoms. The number of fused-ring (bicyclic) bond motifs is 1. The molecule has 4 aromatic rings. The summed E-state index contributed by atoms with van der Waals surface area (Å²) in [6, 6.07) is 8.51. The van der Waals surface area contributed by atoms with E-state index in [2.05, 4.69) is 25.4 Å². The summed E-state index contributed by atoms with van der Waals surface area (Å²) in [5.74, 6) is 1.19. The summed E-state index contributed by atoms with van der Waals surface area (Å²) in [6.07, 6.45) is 2.37. The van der Waals surface area contributed by atoms with Crippen molar-refractivity contribution in [2.24, 2.45) is 7.05 Å². The van der Waals surface area contributed by atoms with Gasteiger partial charge in [-0.05, 0) is 38.0 Å². The maximum absolute atomic E-state index is 14.8. The van der Waals surface area contributed by atoms with E-state index in [0.29, 0.717) is 28.5 Å². The Kier molecular flexibility index (Phi) is 4.16. The monoisotopic (exact) mass is 412 g/mol. The average Bonchev–Trinajstić information content (AvgIpc) is 3.33. The van der Waals surface area contributed by atoms with E-state index in [1.807, 2.05) is 24.7 Å². The first-order valence-electron chi connectivity index (χ1n) is 9.27. The molecule has 7 nitrogen and oxygen atoms in total. The molecule has 2 N–H and O–H groups in total. The molecule has 9 heteroatoms. The summed E-state index contributed by atoms with van der Waals surface area (Å²) in [5, 5.41) is 8.20. The Hall–Kier alpha value is -3.13. The van der Waals surface area contributed by atoms with E-state index in [4.69, 9.17) is 16.3 Å². The van der Waals surface area contributed by atoms with Gasteiger partial charge in [0.05, 0.1) is 0 Å². The molecule has 148 valence electrons. The number of ether oxygens (including phenoxy) is 1. The van der Waals surface area contributed by atoms with Crippen molar-refractivity contribution in [1.29, 1.82) is 0 Å². The lowest BCUT2D eigenvalue weighted by atomic mass is 10.2. The molecule has 0 radical (unpaired) electrons. The fourth-order valence-corrected chi connectivity index (χ4v) is 3.58. The first-order chi connectivity index (χ1) is 14.0. The molecule has 0 saturated heterocycles. The molecule has 29 heavy (non-hydrogen) atoms. The number of benzene rings is 1. The lowest BCUT2D eigenvalue weighted by Crippen LogP contribution is -2.00. The largest absolute Gasteiger partial charge is 0.421 e. The topological polar surface area (TPSA) is 80.7 Å². The number of rotatable bonds is 5. The molecule has 1 aliphatic rings. The number of aryl methyl sites for hydroxylation is 2. The van der Waals surface area contributed by atoms with Crippen molar-refractivity contribution in [3.8, 4) is 11.8 Å². The number of hydrogen-bond donors (Lipinski definition) is 2. The van der Waals surface area contributed by atoms with E-state index in [0.717, 1.165) is 5.69 Å². The summed E-state index contributed by atoms with van der Waals surface area (Å²) < 4.78 is 22.2. The van der Waals surface area contributed by atoms with Crippen LogP contribution in [0.25, 0.3) is 10.9 Å². The minimum Gasteiger partial charge on any atom is -0.421 e. The van der Waals surface area contributed by atoms with Crippen LogP contribution < -0.4 is 10.1 Å². The fraction of sp³-hybridized carbons (Fsp3) is 0.250. The van der Waals surface area contributed by atoms with Gasteiger partial charge in [-0.1, -0.05) is 11.6 Å². The molecule has 0 unspecified atom stereocenters. The van der Waals surface area contributed by atoms with Crippen molar-refractivity contribution >= 4 is 34.1 Å². The van der Waals surface area contributed by atoms with Gasteiger partial charge in [-0.2, -0.15) is 15.1 Å². The Morgan fingerprint density at radius 3 is 2.83 bits per heavy atom. The molecule has 5 rings (SSSR count). The van der Waals surface area contributed by atoms with Gasteiger partial charge in [0, 0.05) is 47.4 Å². The Balaban J connectivity index is 1.42. The molecule has 1 saturated carbocycles. The Bertz CT molecular complexity index is 1230. The Labute approximate surface area is 170 Å². The van der Waals surface area contributed by atoms with Crippen LogP contribution in [0, 0.1) is 12.7 Å². The molecule has 1 fully saturated rings. The van der Waals surface area contributed by atoms with E-state index in [-0.39, 0.29) is 16.9 Å². The van der Waals surface area contributed by atoms with Crippen LogP contribution in [0.3, 0.4) is 0 Å². The van der Waals surface area contributed by atoms with Gasteiger partial charge < -0.3 is 15.0 Å². The number of nitrogens with one attached hydrogen (secondary N) is 2. The van der Waals surface area contributed by atoms with Crippen LogP contribution in [-0.4, -0.2) is 24.7 Å². The number of hydrogen-bond acceptors (Lipinski definition) is 5. The highest BCUT2D eigenvalue weighted by Crippen LogP contribution is 2.40. The number of aromatic amines is 1. The van der Waals surface area contributed by atoms with Crippen LogP contribution in [0.5, 0.6) is 11.8 Å². The smallest absolute Gasteiger partial charge is 0.325 e. The predicted molar refractivity (Wildman–Crippen MR) is 109 cm³/mol. The molecular weight excluding hydrogens is 395 g/mol. The summed E-state index contributed by atoms with van der Waals surface area (Å²) in [7, 11) is 1.92. The Morgan fingerprint density at radius 1 is 1.21 bits per heavy atom. The van der Waals surface area contributed by atoms with Crippen molar-refractivity contribution in [3.63, 3.8) is 0 Å². The van der Waals surface area contributed by atoms with Gasteiger partial charge in [0.25, 0.3) is 0 Å². The highest BCUT2D eigenvalue weighted by atomic mass is 35.5. The van der Waals surface area contributed by atoms with Gasteiger partial charge in [0.15, 0.2) is 17.4 Å². The van der Waals surface area contributed by atoms with Crippen LogP contribution in [-0.2, 0) is 7.05 Å². The first-order valence-corrected chi connectivity index (χ1v) is 9.65. The summed E-state index contributed by atoms with van der Waals surface area (Å²) in [5.41, 5.74) is 2.74. The summed E-state index contributed by atoms with van der Waals surface area (Å²) in [6.45, 7) is 1.87. The van der Waals surface area contributed by atoms with Crippen molar-refractivity contribution in [2.45, 2.75) is 25.7 Å². The van der Waals surface area contributed by atoms with E-state index in [1.165, 1.54) is 24.6 Å². The van der Waals surface area contributed by atoms with Crippen molar-refractivity contribution in [3.05, 3.63) is 52.7 Å². The molecule has 1 aliphatic carbocycles. The number of anilines is 2. The van der Waals surface area contributed by atoms with Crippen LogP contribution in [0.2, 0.25) is 5.15 Å². The number of nitrogens with zero attached hydrogens (tertiary/aromatic N) is 4. The van der Waals surface area contributed by atoms with Crippen LogP contribution in [0.15, 0.2) is 30.3 Å². The van der Waals surface area contributed by atoms with Gasteiger partial charge in [0.1, 0.15) is 11.0 Å². The van der Waals surface area contributed by atoms with Crippen molar-refractivity contribution < 1.29 is 9.13 Å². The molecule has 1 aromatic carbocycles. The maximum Gasteiger partial charge on any atom is 0.325 e.